The maximum atomic E-state index is 5.87. The van der Waals surface area contributed by atoms with Crippen molar-refractivity contribution in [2.45, 2.75) is 4.90 Å². The first kappa shape index (κ1) is 19.4. The number of rotatable bonds is 8. The Bertz CT molecular complexity index is 739. The van der Waals surface area contributed by atoms with E-state index in [4.69, 9.17) is 26.8 Å². The number of nitrogens with zero attached hydrogens (tertiary/aromatic N) is 1. The van der Waals surface area contributed by atoms with Crippen molar-refractivity contribution in [3.63, 3.8) is 0 Å². The van der Waals surface area contributed by atoms with E-state index in [0.717, 1.165) is 21.2 Å². The molecule has 3 N–H and O–H groups in total. The maximum absolute atomic E-state index is 5.87. The Labute approximate surface area is 161 Å². The molecule has 0 aliphatic heterocycles. The molecule has 2 aromatic carbocycles. The van der Waals surface area contributed by atoms with Gasteiger partial charge in [-0.25, -0.2) is 0 Å². The van der Waals surface area contributed by atoms with Crippen LogP contribution in [0.1, 0.15) is 5.56 Å². The molecule has 0 spiro atoms. The van der Waals surface area contributed by atoms with Gasteiger partial charge in [0.15, 0.2) is 16.6 Å². The SMILES string of the molecule is COc1cc(/C=N/NC(N)=S)ccc1OCCSc1ccc(Cl)cc1. The molecular weight excluding hydrogens is 378 g/mol. The Kier molecular flexibility index (Phi) is 7.84. The molecule has 0 unspecified atom stereocenters. The van der Waals surface area contributed by atoms with Crippen LogP contribution in [-0.4, -0.2) is 30.8 Å². The zero-order valence-electron chi connectivity index (χ0n) is 13.6. The van der Waals surface area contributed by atoms with Crippen LogP contribution in [0.15, 0.2) is 52.5 Å². The number of hydrazone groups is 1. The molecule has 2 aromatic rings. The van der Waals surface area contributed by atoms with Crippen LogP contribution in [0, 0.1) is 0 Å². The van der Waals surface area contributed by atoms with Gasteiger partial charge in [-0.3, -0.25) is 5.43 Å². The predicted molar refractivity (Wildman–Crippen MR) is 108 cm³/mol. The highest BCUT2D eigenvalue weighted by Crippen LogP contribution is 2.28. The third-order valence-electron chi connectivity index (χ3n) is 3.00. The lowest BCUT2D eigenvalue weighted by Crippen LogP contribution is -2.23. The Morgan fingerprint density at radius 3 is 2.72 bits per heavy atom. The highest BCUT2D eigenvalue weighted by Gasteiger charge is 2.05. The summed E-state index contributed by atoms with van der Waals surface area (Å²) in [5.41, 5.74) is 8.65. The molecular formula is C17H18ClN3O2S2. The summed E-state index contributed by atoms with van der Waals surface area (Å²) < 4.78 is 11.2. The van der Waals surface area contributed by atoms with Crippen LogP contribution >= 0.6 is 35.6 Å². The van der Waals surface area contributed by atoms with Gasteiger partial charge < -0.3 is 15.2 Å². The molecule has 132 valence electrons. The molecule has 0 aliphatic rings. The van der Waals surface area contributed by atoms with Crippen molar-refractivity contribution in [1.29, 1.82) is 0 Å². The number of methoxy groups -OCH3 is 1. The number of thioether (sulfide) groups is 1. The first-order chi connectivity index (χ1) is 12.1. The average Bonchev–Trinajstić information content (AvgIpc) is 2.60. The molecule has 0 heterocycles. The van der Waals surface area contributed by atoms with Gasteiger partial charge in [-0.1, -0.05) is 11.6 Å². The van der Waals surface area contributed by atoms with E-state index in [-0.39, 0.29) is 5.11 Å². The number of hydrogen-bond donors (Lipinski definition) is 2. The van der Waals surface area contributed by atoms with E-state index in [1.807, 2.05) is 42.5 Å². The largest absolute Gasteiger partial charge is 0.493 e. The van der Waals surface area contributed by atoms with Gasteiger partial charge in [0, 0.05) is 15.7 Å². The number of halogens is 1. The van der Waals surface area contributed by atoms with Crippen LogP contribution in [0.4, 0.5) is 0 Å². The fraction of sp³-hybridized carbons (Fsp3) is 0.176. The fourth-order valence-electron chi connectivity index (χ4n) is 1.90. The minimum Gasteiger partial charge on any atom is -0.493 e. The number of ether oxygens (including phenoxy) is 2. The van der Waals surface area contributed by atoms with Crippen molar-refractivity contribution in [1.82, 2.24) is 5.43 Å². The smallest absolute Gasteiger partial charge is 0.184 e. The molecule has 8 heteroatoms. The topological polar surface area (TPSA) is 68.9 Å². The first-order valence-electron chi connectivity index (χ1n) is 7.36. The van der Waals surface area contributed by atoms with Crippen molar-refractivity contribution in [2.75, 3.05) is 19.5 Å². The minimum absolute atomic E-state index is 0.112. The second kappa shape index (κ2) is 10.1. The molecule has 0 aromatic heterocycles. The lowest BCUT2D eigenvalue weighted by atomic mass is 10.2. The number of benzene rings is 2. The van der Waals surface area contributed by atoms with Crippen molar-refractivity contribution < 1.29 is 9.47 Å². The third kappa shape index (κ3) is 6.81. The Hall–Kier alpha value is -1.96. The third-order valence-corrected chi connectivity index (χ3v) is 4.32. The van der Waals surface area contributed by atoms with Gasteiger partial charge in [0.2, 0.25) is 0 Å². The van der Waals surface area contributed by atoms with Gasteiger partial charge in [-0.2, -0.15) is 5.10 Å². The first-order valence-corrected chi connectivity index (χ1v) is 9.13. The van der Waals surface area contributed by atoms with E-state index in [0.29, 0.717) is 18.1 Å². The molecule has 0 bridgehead atoms. The summed E-state index contributed by atoms with van der Waals surface area (Å²) in [4.78, 5) is 1.15. The highest BCUT2D eigenvalue weighted by atomic mass is 35.5. The maximum Gasteiger partial charge on any atom is 0.184 e. The zero-order valence-corrected chi connectivity index (χ0v) is 16.0. The monoisotopic (exact) mass is 395 g/mol. The van der Waals surface area contributed by atoms with E-state index in [1.54, 1.807) is 25.1 Å². The van der Waals surface area contributed by atoms with E-state index in [2.05, 4.69) is 22.7 Å². The average molecular weight is 396 g/mol. The van der Waals surface area contributed by atoms with Gasteiger partial charge in [-0.05, 0) is 60.2 Å². The number of hydrogen-bond acceptors (Lipinski definition) is 5. The van der Waals surface area contributed by atoms with E-state index >= 15 is 0 Å². The predicted octanol–water partition coefficient (Wildman–Crippen LogP) is 3.69. The summed E-state index contributed by atoms with van der Waals surface area (Å²) in [6.07, 6.45) is 1.60. The van der Waals surface area contributed by atoms with Gasteiger partial charge >= 0.3 is 0 Å². The quantitative estimate of drug-likeness (QED) is 0.233. The normalized spacial score (nSPS) is 10.6. The van der Waals surface area contributed by atoms with Crippen molar-refractivity contribution in [3.05, 3.63) is 53.1 Å². The molecule has 0 atom stereocenters. The van der Waals surface area contributed by atoms with Gasteiger partial charge in [0.25, 0.3) is 0 Å². The summed E-state index contributed by atoms with van der Waals surface area (Å²) in [6, 6.07) is 13.3. The second-order valence-electron chi connectivity index (χ2n) is 4.80. The van der Waals surface area contributed by atoms with Crippen molar-refractivity contribution >= 4 is 46.9 Å². The van der Waals surface area contributed by atoms with Crippen LogP contribution in [0.3, 0.4) is 0 Å². The summed E-state index contributed by atoms with van der Waals surface area (Å²) in [5, 5.41) is 4.76. The summed E-state index contributed by atoms with van der Waals surface area (Å²) in [6.45, 7) is 0.556. The van der Waals surface area contributed by atoms with Gasteiger partial charge in [0.1, 0.15) is 0 Å². The minimum atomic E-state index is 0.112. The Morgan fingerprint density at radius 1 is 1.28 bits per heavy atom. The molecule has 0 aliphatic carbocycles. The molecule has 0 radical (unpaired) electrons. The lowest BCUT2D eigenvalue weighted by Gasteiger charge is -2.11. The Balaban J connectivity index is 1.87. The molecule has 2 rings (SSSR count). The van der Waals surface area contributed by atoms with Gasteiger partial charge in [0.05, 0.1) is 19.9 Å². The van der Waals surface area contributed by atoms with Crippen molar-refractivity contribution in [2.24, 2.45) is 10.8 Å². The molecule has 0 fully saturated rings. The number of nitrogens with one attached hydrogen (secondary N) is 1. The molecule has 0 saturated heterocycles. The zero-order chi connectivity index (χ0) is 18.1. The summed E-state index contributed by atoms with van der Waals surface area (Å²) in [5.74, 6) is 2.13. The standard InChI is InChI=1S/C17H18ClN3O2S2/c1-22-16-10-12(11-20-21-17(19)24)2-7-15(16)23-8-9-25-14-5-3-13(18)4-6-14/h2-7,10-11H,8-9H2,1H3,(H3,19,21,24)/b20-11+. The second-order valence-corrected chi connectivity index (χ2v) is 6.84. The Morgan fingerprint density at radius 2 is 2.04 bits per heavy atom. The molecule has 0 saturated carbocycles. The van der Waals surface area contributed by atoms with Crippen LogP contribution in [0.2, 0.25) is 5.02 Å². The number of nitrogens with two attached hydrogens (primary N) is 1. The van der Waals surface area contributed by atoms with E-state index < -0.39 is 0 Å². The fourth-order valence-corrected chi connectivity index (χ4v) is 2.81. The van der Waals surface area contributed by atoms with Crippen LogP contribution in [0.5, 0.6) is 11.5 Å². The molecule has 5 nitrogen and oxygen atoms in total. The van der Waals surface area contributed by atoms with E-state index in [9.17, 15) is 0 Å². The molecule has 25 heavy (non-hydrogen) atoms. The number of thiocarbonyl (C=S) groups is 1. The van der Waals surface area contributed by atoms with Crippen molar-refractivity contribution in [3.8, 4) is 11.5 Å². The van der Waals surface area contributed by atoms with Crippen LogP contribution < -0.4 is 20.6 Å². The lowest BCUT2D eigenvalue weighted by molar-refractivity contribution is 0.313. The van der Waals surface area contributed by atoms with Gasteiger partial charge in [-0.15, -0.1) is 11.8 Å². The van der Waals surface area contributed by atoms with Crippen LogP contribution in [0.25, 0.3) is 0 Å². The van der Waals surface area contributed by atoms with E-state index in [1.165, 1.54) is 0 Å². The highest BCUT2D eigenvalue weighted by molar-refractivity contribution is 7.99. The summed E-state index contributed by atoms with van der Waals surface area (Å²) >= 11 is 12.3. The molecule has 0 amide bonds. The van der Waals surface area contributed by atoms with Crippen LogP contribution in [-0.2, 0) is 0 Å². The summed E-state index contributed by atoms with van der Waals surface area (Å²) in [7, 11) is 1.60.